The second-order valence-corrected chi connectivity index (χ2v) is 6.10. The third kappa shape index (κ3) is 4.90. The number of hydrogen-bond acceptors (Lipinski definition) is 5. The summed E-state index contributed by atoms with van der Waals surface area (Å²) < 4.78 is 32.5. The lowest BCUT2D eigenvalue weighted by Crippen LogP contribution is -2.26. The molecule has 0 N–H and O–H groups in total. The van der Waals surface area contributed by atoms with Gasteiger partial charge in [0.05, 0.1) is 12.5 Å². The summed E-state index contributed by atoms with van der Waals surface area (Å²) in [7, 11) is -3.59. The Morgan fingerprint density at radius 1 is 1.35 bits per heavy atom. The van der Waals surface area contributed by atoms with Gasteiger partial charge in [-0.1, -0.05) is 0 Å². The average molecular weight is 261 g/mol. The first-order valence-electron chi connectivity index (χ1n) is 4.88. The molecule has 1 rings (SSSR count). The van der Waals surface area contributed by atoms with Crippen molar-refractivity contribution in [2.24, 2.45) is 0 Å². The van der Waals surface area contributed by atoms with Crippen molar-refractivity contribution >= 4 is 16.2 Å². The second kappa shape index (κ2) is 4.40. The van der Waals surface area contributed by atoms with Gasteiger partial charge in [0.2, 0.25) is 0 Å². The van der Waals surface area contributed by atoms with Crippen LogP contribution in [0.25, 0.3) is 0 Å². The van der Waals surface area contributed by atoms with Gasteiger partial charge in [-0.25, -0.2) is 4.79 Å². The molecule has 6 nitrogen and oxygen atoms in total. The van der Waals surface area contributed by atoms with Crippen molar-refractivity contribution in [2.75, 3.05) is 6.26 Å². The minimum Gasteiger partial charge on any atom is -0.443 e. The molecule has 0 unspecified atom stereocenters. The van der Waals surface area contributed by atoms with Crippen LogP contribution in [0.2, 0.25) is 0 Å². The lowest BCUT2D eigenvalue weighted by molar-refractivity contribution is 0.0537. The van der Waals surface area contributed by atoms with E-state index in [0.29, 0.717) is 0 Å². The third-order valence-electron chi connectivity index (χ3n) is 1.52. The van der Waals surface area contributed by atoms with Crippen LogP contribution in [-0.2, 0) is 14.9 Å². The molecular formula is C10H15NO5S. The summed E-state index contributed by atoms with van der Waals surface area (Å²) in [5.41, 5.74) is -0.612. The molecule has 17 heavy (non-hydrogen) atoms. The number of ether oxygens (including phenoxy) is 1. The number of nitrogens with zero attached hydrogens (tertiary/aromatic N) is 1. The fraction of sp³-hybridized carbons (Fsp3) is 0.500. The first-order chi connectivity index (χ1) is 7.57. The Kier molecular flexibility index (Phi) is 3.51. The van der Waals surface area contributed by atoms with E-state index in [2.05, 4.69) is 4.18 Å². The molecule has 0 radical (unpaired) electrons. The zero-order chi connectivity index (χ0) is 13.3. The minimum absolute atomic E-state index is 0.0679. The predicted molar refractivity (Wildman–Crippen MR) is 61.5 cm³/mol. The summed E-state index contributed by atoms with van der Waals surface area (Å²) in [6, 6.07) is 1.37. The molecule has 0 amide bonds. The molecule has 0 aliphatic heterocycles. The van der Waals surface area contributed by atoms with Gasteiger partial charge in [0.15, 0.2) is 5.75 Å². The van der Waals surface area contributed by atoms with E-state index in [-0.39, 0.29) is 5.75 Å². The van der Waals surface area contributed by atoms with Crippen LogP contribution in [0.3, 0.4) is 0 Å². The van der Waals surface area contributed by atoms with E-state index < -0.39 is 21.8 Å². The van der Waals surface area contributed by atoms with Crippen molar-refractivity contribution in [2.45, 2.75) is 26.4 Å². The van der Waals surface area contributed by atoms with Gasteiger partial charge in [0.25, 0.3) is 0 Å². The molecule has 1 heterocycles. The monoisotopic (exact) mass is 261 g/mol. The molecule has 1 aromatic heterocycles. The fourth-order valence-electron chi connectivity index (χ4n) is 1.03. The highest BCUT2D eigenvalue weighted by Crippen LogP contribution is 2.15. The minimum atomic E-state index is -3.59. The number of rotatable bonds is 2. The maximum absolute atomic E-state index is 11.6. The Balaban J connectivity index is 2.78. The van der Waals surface area contributed by atoms with Gasteiger partial charge in [0.1, 0.15) is 5.60 Å². The lowest BCUT2D eigenvalue weighted by atomic mass is 10.2. The molecule has 0 atom stereocenters. The summed E-state index contributed by atoms with van der Waals surface area (Å²) in [6.07, 6.45) is 2.95. The molecule has 7 heteroatoms. The Bertz CT molecular complexity index is 509. The van der Waals surface area contributed by atoms with Gasteiger partial charge < -0.3 is 8.92 Å². The maximum Gasteiger partial charge on any atom is 0.418 e. The molecule has 0 saturated heterocycles. The first-order valence-corrected chi connectivity index (χ1v) is 6.69. The molecule has 1 aromatic rings. The quantitative estimate of drug-likeness (QED) is 0.756. The molecule has 0 bridgehead atoms. The van der Waals surface area contributed by atoms with Crippen molar-refractivity contribution in [3.8, 4) is 5.75 Å². The molecule has 0 spiro atoms. The Morgan fingerprint density at radius 3 is 2.41 bits per heavy atom. The van der Waals surface area contributed by atoms with Crippen molar-refractivity contribution < 1.29 is 22.1 Å². The van der Waals surface area contributed by atoms with Gasteiger partial charge in [-0.15, -0.1) is 0 Å². The normalized spacial score (nSPS) is 12.2. The van der Waals surface area contributed by atoms with Crippen LogP contribution in [0.1, 0.15) is 20.8 Å². The Hall–Kier alpha value is -1.50. The average Bonchev–Trinajstić information content (AvgIpc) is 2.45. The smallest absolute Gasteiger partial charge is 0.418 e. The predicted octanol–water partition coefficient (Wildman–Crippen LogP) is 1.61. The number of carbonyl (C=O) groups is 1. The summed E-state index contributed by atoms with van der Waals surface area (Å²) in [5.74, 6) is 0.0679. The van der Waals surface area contributed by atoms with Gasteiger partial charge in [0, 0.05) is 12.3 Å². The fourth-order valence-corrected chi connectivity index (χ4v) is 1.48. The Labute approximate surface area is 100 Å². The van der Waals surface area contributed by atoms with E-state index in [1.54, 1.807) is 20.8 Å². The highest BCUT2D eigenvalue weighted by atomic mass is 32.2. The molecule has 0 aliphatic rings. The Morgan fingerprint density at radius 2 is 1.94 bits per heavy atom. The van der Waals surface area contributed by atoms with E-state index in [0.717, 1.165) is 10.8 Å². The highest BCUT2D eigenvalue weighted by molar-refractivity contribution is 7.86. The van der Waals surface area contributed by atoms with E-state index in [1.807, 2.05) is 0 Å². The molecular weight excluding hydrogens is 246 g/mol. The van der Waals surface area contributed by atoms with E-state index in [1.165, 1.54) is 18.5 Å². The second-order valence-electron chi connectivity index (χ2n) is 4.52. The van der Waals surface area contributed by atoms with E-state index in [4.69, 9.17) is 4.74 Å². The van der Waals surface area contributed by atoms with Crippen LogP contribution in [0.5, 0.6) is 5.75 Å². The zero-order valence-corrected chi connectivity index (χ0v) is 10.9. The van der Waals surface area contributed by atoms with E-state index >= 15 is 0 Å². The molecule has 96 valence electrons. The summed E-state index contributed by atoms with van der Waals surface area (Å²) >= 11 is 0. The van der Waals surface area contributed by atoms with Crippen LogP contribution in [0.4, 0.5) is 4.79 Å². The van der Waals surface area contributed by atoms with Gasteiger partial charge in [-0.2, -0.15) is 8.42 Å². The van der Waals surface area contributed by atoms with Crippen LogP contribution in [-0.4, -0.2) is 30.9 Å². The van der Waals surface area contributed by atoms with Crippen molar-refractivity contribution in [1.82, 2.24) is 4.57 Å². The maximum atomic E-state index is 11.6. The van der Waals surface area contributed by atoms with Gasteiger partial charge >= 0.3 is 16.2 Å². The SMILES string of the molecule is CC(C)(C)OC(=O)n1ccc(OS(C)(=O)=O)c1. The van der Waals surface area contributed by atoms with Crippen molar-refractivity contribution in [3.63, 3.8) is 0 Å². The third-order valence-corrected chi connectivity index (χ3v) is 2.01. The van der Waals surface area contributed by atoms with E-state index in [9.17, 15) is 13.2 Å². The van der Waals surface area contributed by atoms with Crippen LogP contribution in [0.15, 0.2) is 18.5 Å². The summed E-state index contributed by atoms with van der Waals surface area (Å²) in [6.45, 7) is 5.22. The first kappa shape index (κ1) is 13.6. The highest BCUT2D eigenvalue weighted by Gasteiger charge is 2.18. The van der Waals surface area contributed by atoms with Crippen molar-refractivity contribution in [1.29, 1.82) is 0 Å². The van der Waals surface area contributed by atoms with Crippen LogP contribution in [0, 0.1) is 0 Å². The zero-order valence-electron chi connectivity index (χ0n) is 10.1. The number of hydrogen-bond donors (Lipinski definition) is 0. The van der Waals surface area contributed by atoms with Crippen LogP contribution < -0.4 is 4.18 Å². The largest absolute Gasteiger partial charge is 0.443 e. The van der Waals surface area contributed by atoms with Gasteiger partial charge in [-0.05, 0) is 20.8 Å². The van der Waals surface area contributed by atoms with Crippen molar-refractivity contribution in [3.05, 3.63) is 18.5 Å². The number of carbonyl (C=O) groups excluding carboxylic acids is 1. The molecule has 0 saturated carbocycles. The summed E-state index contributed by atoms with van der Waals surface area (Å²) in [5, 5.41) is 0. The number of aromatic nitrogens is 1. The standard InChI is InChI=1S/C10H15NO5S/c1-10(2,3)15-9(12)11-6-5-8(7-11)16-17(4,13)14/h5-7H,1-4H3. The molecule has 0 fully saturated rings. The van der Waals surface area contributed by atoms with Gasteiger partial charge in [-0.3, -0.25) is 4.57 Å². The lowest BCUT2D eigenvalue weighted by Gasteiger charge is -2.19. The topological polar surface area (TPSA) is 74.6 Å². The summed E-state index contributed by atoms with van der Waals surface area (Å²) in [4.78, 5) is 11.6. The van der Waals surface area contributed by atoms with Crippen LogP contribution >= 0.6 is 0 Å². The molecule has 0 aromatic carbocycles. The molecule has 0 aliphatic carbocycles.